The zero-order chi connectivity index (χ0) is 0. The van der Waals surface area contributed by atoms with E-state index in [-0.39, 0.29) is 42.8 Å². The van der Waals surface area contributed by atoms with Crippen molar-refractivity contribution >= 4 is 18.3 Å². The second-order valence-electron chi connectivity index (χ2n) is 0. The van der Waals surface area contributed by atoms with Crippen LogP contribution in [0.3, 0.4) is 0 Å². The maximum absolute atomic E-state index is 0. The van der Waals surface area contributed by atoms with Crippen molar-refractivity contribution < 1.29 is 17.1 Å². The molecule has 0 N–H and O–H groups in total. The zero-order valence-electron chi connectivity index (χ0n) is 1.64. The summed E-state index contributed by atoms with van der Waals surface area (Å²) in [4.78, 5) is 0. The first kappa shape index (κ1) is 78.5. The normalized spacial score (nSPS) is 0. The van der Waals surface area contributed by atoms with Crippen molar-refractivity contribution in [2.24, 2.45) is 0 Å². The quantitative estimate of drug-likeness (QED) is 0.316. The smallest absolute Gasteiger partial charge is 0 e. The first-order chi connectivity index (χ1) is 0. The molecule has 4 heavy (non-hydrogen) atoms. The van der Waals surface area contributed by atoms with Crippen LogP contribution in [-0.2, 0) is 17.1 Å². The average Bonchev–Trinajstić information content (AvgIpc) is 0. The van der Waals surface area contributed by atoms with Crippen molar-refractivity contribution in [2.75, 3.05) is 0 Å². The van der Waals surface area contributed by atoms with E-state index in [0.29, 0.717) is 0 Å². The molecule has 0 nitrogen and oxygen atoms in total. The molecule has 3 heteroatoms. The van der Waals surface area contributed by atoms with Crippen molar-refractivity contribution in [3.05, 3.63) is 0 Å². The molecule has 1 atom stereocenters. The van der Waals surface area contributed by atoms with Crippen LogP contribution in [0.15, 0.2) is 0 Å². The van der Waals surface area contributed by atoms with Gasteiger partial charge in [0.2, 0.25) is 0 Å². The SMILES string of the molecule is C.P.[B].[Fe]. The summed E-state index contributed by atoms with van der Waals surface area (Å²) in [5.74, 6) is 0. The molecular weight excluding hydrogens is 110 g/mol. The topological polar surface area (TPSA) is 0 Å². The predicted octanol–water partition coefficient (Wildman–Crippen LogP) is 0.311. The van der Waals surface area contributed by atoms with Crippen molar-refractivity contribution in [3.63, 3.8) is 0 Å². The molecule has 0 spiro atoms. The van der Waals surface area contributed by atoms with E-state index in [0.717, 1.165) is 0 Å². The van der Waals surface area contributed by atoms with E-state index < -0.39 is 0 Å². The molecule has 0 bridgehead atoms. The second-order valence-corrected chi connectivity index (χ2v) is 0. The molecule has 0 saturated heterocycles. The van der Waals surface area contributed by atoms with Crippen LogP contribution in [0.2, 0.25) is 0 Å². The van der Waals surface area contributed by atoms with E-state index in [1.165, 1.54) is 0 Å². The maximum Gasteiger partial charge on any atom is 0 e. The van der Waals surface area contributed by atoms with E-state index in [9.17, 15) is 0 Å². The van der Waals surface area contributed by atoms with E-state index in [2.05, 4.69) is 0 Å². The van der Waals surface area contributed by atoms with Crippen molar-refractivity contribution in [1.29, 1.82) is 0 Å². The second kappa shape index (κ2) is 35.4. The fourth-order valence-corrected chi connectivity index (χ4v) is 0. The Morgan fingerprint density at radius 1 is 1.00 bits per heavy atom. The molecule has 0 aromatic carbocycles. The Kier molecular flexibility index (Phi) is 696. The molecule has 1 unspecified atom stereocenters. The fourth-order valence-electron chi connectivity index (χ4n) is 0. The number of rotatable bonds is 0. The summed E-state index contributed by atoms with van der Waals surface area (Å²) in [6, 6.07) is 0. The molecule has 0 amide bonds. The van der Waals surface area contributed by atoms with Crippen molar-refractivity contribution in [3.8, 4) is 0 Å². The van der Waals surface area contributed by atoms with Gasteiger partial charge in [0.25, 0.3) is 0 Å². The van der Waals surface area contributed by atoms with Gasteiger partial charge in [0.05, 0.1) is 0 Å². The summed E-state index contributed by atoms with van der Waals surface area (Å²) in [6.45, 7) is 0. The molecule has 0 aliphatic heterocycles. The Labute approximate surface area is 43.4 Å². The van der Waals surface area contributed by atoms with Crippen LogP contribution in [0.5, 0.6) is 0 Å². The van der Waals surface area contributed by atoms with Crippen molar-refractivity contribution in [2.45, 2.75) is 7.43 Å². The molecule has 0 aromatic rings. The summed E-state index contributed by atoms with van der Waals surface area (Å²) in [5.41, 5.74) is 0. The van der Waals surface area contributed by atoms with Gasteiger partial charge in [0, 0.05) is 25.5 Å². The van der Waals surface area contributed by atoms with Gasteiger partial charge in [-0.2, -0.15) is 9.90 Å². The molecule has 0 aliphatic carbocycles. The summed E-state index contributed by atoms with van der Waals surface area (Å²) in [5, 5.41) is 0. The summed E-state index contributed by atoms with van der Waals surface area (Å²) < 4.78 is 0. The Balaban J connectivity index is 0. The molecular formula is CH7BFeP. The third-order valence-corrected chi connectivity index (χ3v) is 0. The standard InChI is InChI=1S/CH4.B.Fe.H3P/h1H4;;;1H3. The van der Waals surface area contributed by atoms with Gasteiger partial charge in [-0.05, 0) is 0 Å². The molecule has 0 fully saturated rings. The average molecular weight is 117 g/mol. The predicted molar refractivity (Wildman–Crippen MR) is 23.6 cm³/mol. The van der Waals surface area contributed by atoms with Gasteiger partial charge in [0.1, 0.15) is 0 Å². The molecule has 0 saturated carbocycles. The van der Waals surface area contributed by atoms with Crippen LogP contribution in [0.1, 0.15) is 7.43 Å². The van der Waals surface area contributed by atoms with E-state index in [4.69, 9.17) is 0 Å². The first-order valence-corrected chi connectivity index (χ1v) is 0. The monoisotopic (exact) mass is 117 g/mol. The number of hydrogen-bond donors (Lipinski definition) is 0. The Morgan fingerprint density at radius 2 is 1.00 bits per heavy atom. The Bertz CT molecular complexity index is 8.00. The van der Waals surface area contributed by atoms with Crippen LogP contribution >= 0.6 is 9.90 Å². The van der Waals surface area contributed by atoms with Crippen molar-refractivity contribution in [1.82, 2.24) is 0 Å². The van der Waals surface area contributed by atoms with Crippen LogP contribution < -0.4 is 0 Å². The Hall–Kier alpha value is 1.01. The van der Waals surface area contributed by atoms with Gasteiger partial charge >= 0.3 is 0 Å². The van der Waals surface area contributed by atoms with E-state index in [1.807, 2.05) is 0 Å². The maximum atomic E-state index is 0. The third-order valence-electron chi connectivity index (χ3n) is 0. The largest absolute Gasteiger partial charge is 0.153 e. The molecule has 0 rings (SSSR count). The number of hydrogen-bond acceptors (Lipinski definition) is 0. The fraction of sp³-hybridized carbons (Fsp3) is 1.00. The first-order valence-electron chi connectivity index (χ1n) is 0. The van der Waals surface area contributed by atoms with Crippen LogP contribution in [-0.4, -0.2) is 8.41 Å². The van der Waals surface area contributed by atoms with Crippen LogP contribution in [0.4, 0.5) is 0 Å². The van der Waals surface area contributed by atoms with Crippen LogP contribution in [0.25, 0.3) is 0 Å². The molecule has 0 aliphatic rings. The summed E-state index contributed by atoms with van der Waals surface area (Å²) in [7, 11) is 0. The zero-order valence-corrected chi connectivity index (χ0v) is 4.16. The minimum absolute atomic E-state index is 0. The van der Waals surface area contributed by atoms with Gasteiger partial charge in [-0.15, -0.1) is 0 Å². The van der Waals surface area contributed by atoms with Crippen LogP contribution in [0, 0.1) is 0 Å². The molecule has 27 valence electrons. The minimum Gasteiger partial charge on any atom is -0.153 e. The summed E-state index contributed by atoms with van der Waals surface area (Å²) >= 11 is 0. The minimum atomic E-state index is 0. The molecule has 0 aromatic heterocycles. The molecule has 3 radical (unpaired) electrons. The van der Waals surface area contributed by atoms with E-state index >= 15 is 0 Å². The van der Waals surface area contributed by atoms with E-state index in [1.54, 1.807) is 0 Å². The van der Waals surface area contributed by atoms with Gasteiger partial charge in [-0.1, -0.05) is 7.43 Å². The van der Waals surface area contributed by atoms with Gasteiger partial charge in [0.15, 0.2) is 0 Å². The molecule has 0 heterocycles. The van der Waals surface area contributed by atoms with Gasteiger partial charge in [-0.3, -0.25) is 0 Å². The Morgan fingerprint density at radius 3 is 1.00 bits per heavy atom. The van der Waals surface area contributed by atoms with Gasteiger partial charge in [-0.25, -0.2) is 0 Å². The summed E-state index contributed by atoms with van der Waals surface area (Å²) in [6.07, 6.45) is 0. The van der Waals surface area contributed by atoms with Gasteiger partial charge < -0.3 is 0 Å². The third kappa shape index (κ3) is 11.9.